The highest BCUT2D eigenvalue weighted by atomic mass is 16.3. The van der Waals surface area contributed by atoms with Gasteiger partial charge in [-0.1, -0.05) is 13.0 Å². The lowest BCUT2D eigenvalue weighted by molar-refractivity contribution is -0.117. The number of anilines is 1. The van der Waals surface area contributed by atoms with Crippen LogP contribution in [-0.2, 0) is 11.2 Å². The molecule has 0 unspecified atom stereocenters. The predicted molar refractivity (Wildman–Crippen MR) is 73.9 cm³/mol. The van der Waals surface area contributed by atoms with Crippen molar-refractivity contribution in [1.82, 2.24) is 9.88 Å². The van der Waals surface area contributed by atoms with Gasteiger partial charge in [0.05, 0.1) is 12.6 Å². The zero-order chi connectivity index (χ0) is 13.7. The lowest BCUT2D eigenvalue weighted by Crippen LogP contribution is -2.40. The van der Waals surface area contributed by atoms with Gasteiger partial charge in [-0.2, -0.15) is 0 Å². The molecule has 104 valence electrons. The van der Waals surface area contributed by atoms with Crippen LogP contribution in [0.4, 0.5) is 5.82 Å². The largest absolute Gasteiger partial charge is 0.393 e. The fraction of sp³-hybridized carbons (Fsp3) is 0.571. The summed E-state index contributed by atoms with van der Waals surface area (Å²) in [6, 6.07) is 3.80. The highest BCUT2D eigenvalue weighted by molar-refractivity contribution is 5.91. The number of amides is 1. The predicted octanol–water partition coefficient (Wildman–Crippen LogP) is 1.04. The standard InChI is InChI=1S/C14H21N3O2/c1-2-11-3-4-13(15-9-11)16-14(19)10-17-7-5-12(18)6-8-17/h3-4,9,12,18H,2,5-8,10H2,1H3,(H,15,16,19). The zero-order valence-corrected chi connectivity index (χ0v) is 11.3. The number of nitrogens with one attached hydrogen (secondary N) is 1. The van der Waals surface area contributed by atoms with Crippen LogP contribution in [0.15, 0.2) is 18.3 Å². The van der Waals surface area contributed by atoms with Crippen molar-refractivity contribution in [3.63, 3.8) is 0 Å². The number of pyridine rings is 1. The molecule has 2 N–H and O–H groups in total. The number of piperidine rings is 1. The third kappa shape index (κ3) is 4.29. The van der Waals surface area contributed by atoms with E-state index in [4.69, 9.17) is 0 Å². The van der Waals surface area contributed by atoms with Crippen LogP contribution >= 0.6 is 0 Å². The third-order valence-corrected chi connectivity index (χ3v) is 3.42. The molecule has 0 saturated carbocycles. The molecule has 1 saturated heterocycles. The molecule has 5 nitrogen and oxygen atoms in total. The van der Waals surface area contributed by atoms with E-state index in [1.807, 2.05) is 12.1 Å². The molecule has 5 heteroatoms. The SMILES string of the molecule is CCc1ccc(NC(=O)CN2CCC(O)CC2)nc1. The Morgan fingerprint density at radius 2 is 2.21 bits per heavy atom. The molecule has 1 aliphatic rings. The highest BCUT2D eigenvalue weighted by Gasteiger charge is 2.18. The number of aliphatic hydroxyl groups is 1. The van der Waals surface area contributed by atoms with Gasteiger partial charge in [0.1, 0.15) is 5.82 Å². The number of aryl methyl sites for hydroxylation is 1. The number of hydrogen-bond acceptors (Lipinski definition) is 4. The van der Waals surface area contributed by atoms with Crippen LogP contribution in [-0.4, -0.2) is 46.6 Å². The average Bonchev–Trinajstić information content (AvgIpc) is 2.42. The number of nitrogens with zero attached hydrogens (tertiary/aromatic N) is 2. The van der Waals surface area contributed by atoms with Gasteiger partial charge in [-0.05, 0) is 30.9 Å². The summed E-state index contributed by atoms with van der Waals surface area (Å²) in [4.78, 5) is 18.1. The molecule has 0 aromatic carbocycles. The van der Waals surface area contributed by atoms with E-state index < -0.39 is 0 Å². The first-order valence-electron chi connectivity index (χ1n) is 6.82. The average molecular weight is 263 g/mol. The minimum absolute atomic E-state index is 0.0480. The van der Waals surface area contributed by atoms with Crippen molar-refractivity contribution in [2.45, 2.75) is 32.3 Å². The molecular formula is C14H21N3O2. The minimum atomic E-state index is -0.206. The van der Waals surface area contributed by atoms with Crippen molar-refractivity contribution in [2.24, 2.45) is 0 Å². The second-order valence-electron chi connectivity index (χ2n) is 4.96. The third-order valence-electron chi connectivity index (χ3n) is 3.42. The Morgan fingerprint density at radius 3 is 2.79 bits per heavy atom. The van der Waals surface area contributed by atoms with Crippen LogP contribution in [0.5, 0.6) is 0 Å². The van der Waals surface area contributed by atoms with Gasteiger partial charge < -0.3 is 10.4 Å². The monoisotopic (exact) mass is 263 g/mol. The van der Waals surface area contributed by atoms with Gasteiger partial charge in [0, 0.05) is 19.3 Å². The Labute approximate surface area is 113 Å². The van der Waals surface area contributed by atoms with Crippen molar-refractivity contribution in [2.75, 3.05) is 25.0 Å². The van der Waals surface area contributed by atoms with Crippen LogP contribution in [0.25, 0.3) is 0 Å². The molecule has 1 aromatic heterocycles. The topological polar surface area (TPSA) is 65.5 Å². The number of carbonyl (C=O) groups is 1. The van der Waals surface area contributed by atoms with E-state index in [9.17, 15) is 9.90 Å². The number of aliphatic hydroxyl groups excluding tert-OH is 1. The summed E-state index contributed by atoms with van der Waals surface area (Å²) in [6.07, 6.45) is 4.01. The summed E-state index contributed by atoms with van der Waals surface area (Å²) < 4.78 is 0. The zero-order valence-electron chi connectivity index (χ0n) is 11.3. The van der Waals surface area contributed by atoms with Crippen molar-refractivity contribution in [1.29, 1.82) is 0 Å². The van der Waals surface area contributed by atoms with Gasteiger partial charge in [0.25, 0.3) is 0 Å². The van der Waals surface area contributed by atoms with E-state index >= 15 is 0 Å². The quantitative estimate of drug-likeness (QED) is 0.852. The first-order valence-corrected chi connectivity index (χ1v) is 6.82. The van der Waals surface area contributed by atoms with Crippen molar-refractivity contribution < 1.29 is 9.90 Å². The van der Waals surface area contributed by atoms with E-state index in [2.05, 4.69) is 22.1 Å². The number of hydrogen-bond donors (Lipinski definition) is 2. The Morgan fingerprint density at radius 1 is 1.47 bits per heavy atom. The molecule has 0 spiro atoms. The van der Waals surface area contributed by atoms with Gasteiger partial charge in [0.2, 0.25) is 5.91 Å². The molecular weight excluding hydrogens is 242 g/mol. The van der Waals surface area contributed by atoms with E-state index in [0.29, 0.717) is 12.4 Å². The summed E-state index contributed by atoms with van der Waals surface area (Å²) >= 11 is 0. The lowest BCUT2D eigenvalue weighted by Gasteiger charge is -2.28. The number of likely N-dealkylation sites (tertiary alicyclic amines) is 1. The molecule has 0 radical (unpaired) electrons. The fourth-order valence-corrected chi connectivity index (χ4v) is 2.17. The van der Waals surface area contributed by atoms with Gasteiger partial charge >= 0.3 is 0 Å². The number of rotatable bonds is 4. The normalized spacial score (nSPS) is 17.4. The van der Waals surface area contributed by atoms with E-state index in [-0.39, 0.29) is 12.0 Å². The molecule has 0 bridgehead atoms. The molecule has 0 aliphatic carbocycles. The number of aromatic nitrogens is 1. The van der Waals surface area contributed by atoms with Gasteiger partial charge in [-0.15, -0.1) is 0 Å². The van der Waals surface area contributed by atoms with E-state index in [1.54, 1.807) is 6.20 Å². The maximum atomic E-state index is 11.9. The summed E-state index contributed by atoms with van der Waals surface area (Å²) in [7, 11) is 0. The van der Waals surface area contributed by atoms with Crippen LogP contribution in [0.2, 0.25) is 0 Å². The van der Waals surface area contributed by atoms with Crippen LogP contribution in [0, 0.1) is 0 Å². The highest BCUT2D eigenvalue weighted by Crippen LogP contribution is 2.10. The number of carbonyl (C=O) groups excluding carboxylic acids is 1. The molecule has 1 amide bonds. The Hall–Kier alpha value is -1.46. The van der Waals surface area contributed by atoms with Crippen LogP contribution < -0.4 is 5.32 Å². The summed E-state index contributed by atoms with van der Waals surface area (Å²) in [6.45, 7) is 3.98. The second-order valence-corrected chi connectivity index (χ2v) is 4.96. The lowest BCUT2D eigenvalue weighted by atomic mass is 10.1. The molecule has 1 aliphatic heterocycles. The molecule has 19 heavy (non-hydrogen) atoms. The smallest absolute Gasteiger partial charge is 0.239 e. The van der Waals surface area contributed by atoms with E-state index in [0.717, 1.165) is 37.9 Å². The maximum Gasteiger partial charge on any atom is 0.239 e. The fourth-order valence-electron chi connectivity index (χ4n) is 2.17. The molecule has 1 aromatic rings. The van der Waals surface area contributed by atoms with Crippen molar-refractivity contribution >= 4 is 11.7 Å². The van der Waals surface area contributed by atoms with Crippen LogP contribution in [0.1, 0.15) is 25.3 Å². The molecule has 2 rings (SSSR count). The maximum absolute atomic E-state index is 11.9. The van der Waals surface area contributed by atoms with Crippen molar-refractivity contribution in [3.05, 3.63) is 23.9 Å². The van der Waals surface area contributed by atoms with Gasteiger partial charge in [0.15, 0.2) is 0 Å². The minimum Gasteiger partial charge on any atom is -0.393 e. The first-order chi connectivity index (χ1) is 9.17. The second kappa shape index (κ2) is 6.63. The molecule has 1 fully saturated rings. The van der Waals surface area contributed by atoms with Crippen molar-refractivity contribution in [3.8, 4) is 0 Å². The van der Waals surface area contributed by atoms with E-state index in [1.165, 1.54) is 0 Å². The Balaban J connectivity index is 1.80. The summed E-state index contributed by atoms with van der Waals surface area (Å²) in [5.41, 5.74) is 1.16. The Bertz CT molecular complexity index is 411. The summed E-state index contributed by atoms with van der Waals surface area (Å²) in [5, 5.41) is 12.2. The van der Waals surface area contributed by atoms with Gasteiger partial charge in [-0.3, -0.25) is 9.69 Å². The molecule has 0 atom stereocenters. The van der Waals surface area contributed by atoms with Crippen LogP contribution in [0.3, 0.4) is 0 Å². The molecule has 2 heterocycles. The van der Waals surface area contributed by atoms with Gasteiger partial charge in [-0.25, -0.2) is 4.98 Å². The first kappa shape index (κ1) is 14.0. The Kier molecular flexibility index (Phi) is 4.87. The summed E-state index contributed by atoms with van der Waals surface area (Å²) in [5.74, 6) is 0.549.